The monoisotopic (exact) mass is 273 g/mol. The van der Waals surface area contributed by atoms with E-state index in [4.69, 9.17) is 4.74 Å². The zero-order valence-corrected chi connectivity index (χ0v) is 12.2. The summed E-state index contributed by atoms with van der Waals surface area (Å²) in [6.45, 7) is 7.18. The fraction of sp³-hybridized carbons (Fsp3) is 0.294. The van der Waals surface area contributed by atoms with E-state index in [1.165, 1.54) is 22.8 Å². The lowest BCUT2D eigenvalue weighted by Gasteiger charge is -2.12. The lowest BCUT2D eigenvalue weighted by Crippen LogP contribution is -2.03. The molecule has 0 saturated heterocycles. The van der Waals surface area contributed by atoms with Crippen molar-refractivity contribution < 1.29 is 9.13 Å². The van der Waals surface area contributed by atoms with Crippen LogP contribution >= 0.6 is 0 Å². The van der Waals surface area contributed by atoms with Gasteiger partial charge < -0.3 is 10.1 Å². The predicted molar refractivity (Wildman–Crippen MR) is 80.8 cm³/mol. The largest absolute Gasteiger partial charge is 0.491 e. The zero-order valence-electron chi connectivity index (χ0n) is 12.2. The summed E-state index contributed by atoms with van der Waals surface area (Å²) >= 11 is 0. The molecule has 0 aliphatic heterocycles. The molecule has 0 radical (unpaired) electrons. The maximum absolute atomic E-state index is 13.7. The van der Waals surface area contributed by atoms with E-state index in [9.17, 15) is 4.39 Å². The maximum Gasteiger partial charge on any atom is 0.167 e. The highest BCUT2D eigenvalue weighted by molar-refractivity contribution is 5.48. The molecule has 0 atom stereocenters. The fourth-order valence-corrected chi connectivity index (χ4v) is 2.08. The lowest BCUT2D eigenvalue weighted by molar-refractivity contribution is 0.321. The van der Waals surface area contributed by atoms with E-state index in [2.05, 4.69) is 31.3 Å². The highest BCUT2D eigenvalue weighted by atomic mass is 19.1. The summed E-state index contributed by atoms with van der Waals surface area (Å²) in [5.41, 5.74) is 4.51. The first-order chi connectivity index (χ1) is 9.61. The Morgan fingerprint density at radius 2 is 1.95 bits per heavy atom. The summed E-state index contributed by atoms with van der Waals surface area (Å²) < 4.78 is 18.9. The highest BCUT2D eigenvalue weighted by Crippen LogP contribution is 2.22. The van der Waals surface area contributed by atoms with Gasteiger partial charge in [0.15, 0.2) is 11.6 Å². The van der Waals surface area contributed by atoms with Crippen LogP contribution in [0.4, 0.5) is 10.1 Å². The first-order valence-corrected chi connectivity index (χ1v) is 6.83. The van der Waals surface area contributed by atoms with Crippen molar-refractivity contribution in [3.63, 3.8) is 0 Å². The average molecular weight is 273 g/mol. The second-order valence-corrected chi connectivity index (χ2v) is 4.79. The maximum atomic E-state index is 13.7. The second-order valence-electron chi connectivity index (χ2n) is 4.79. The number of nitrogens with one attached hydrogen (secondary N) is 1. The molecule has 20 heavy (non-hydrogen) atoms. The Labute approximate surface area is 119 Å². The van der Waals surface area contributed by atoms with Crippen molar-refractivity contribution in [3.8, 4) is 5.75 Å². The van der Waals surface area contributed by atoms with Crippen LogP contribution in [0, 0.1) is 19.7 Å². The molecule has 0 saturated carbocycles. The lowest BCUT2D eigenvalue weighted by atomic mass is 10.0. The van der Waals surface area contributed by atoms with Crippen LogP contribution in [0.2, 0.25) is 0 Å². The third-order valence-electron chi connectivity index (χ3n) is 3.43. The number of rotatable bonds is 5. The SMILES string of the molecule is CCOc1ccc(NCc2cccc(C)c2C)cc1F. The molecule has 0 amide bonds. The number of benzene rings is 2. The van der Waals surface area contributed by atoms with Gasteiger partial charge in [-0.25, -0.2) is 4.39 Å². The van der Waals surface area contributed by atoms with E-state index in [-0.39, 0.29) is 5.82 Å². The molecule has 0 aliphatic rings. The van der Waals surface area contributed by atoms with Gasteiger partial charge in [0.05, 0.1) is 6.61 Å². The molecule has 0 unspecified atom stereocenters. The van der Waals surface area contributed by atoms with Crippen molar-refractivity contribution in [3.05, 3.63) is 58.9 Å². The molecule has 0 spiro atoms. The van der Waals surface area contributed by atoms with Gasteiger partial charge in [0.1, 0.15) is 0 Å². The summed E-state index contributed by atoms with van der Waals surface area (Å²) in [6, 6.07) is 11.2. The van der Waals surface area contributed by atoms with E-state index in [0.717, 1.165) is 5.69 Å². The molecule has 106 valence electrons. The van der Waals surface area contributed by atoms with Crippen LogP contribution < -0.4 is 10.1 Å². The van der Waals surface area contributed by atoms with E-state index in [1.54, 1.807) is 6.07 Å². The van der Waals surface area contributed by atoms with Crippen LogP contribution in [-0.4, -0.2) is 6.61 Å². The number of hydrogen-bond acceptors (Lipinski definition) is 2. The first kappa shape index (κ1) is 14.4. The van der Waals surface area contributed by atoms with Gasteiger partial charge in [0, 0.05) is 18.3 Å². The normalized spacial score (nSPS) is 10.4. The van der Waals surface area contributed by atoms with E-state index in [1.807, 2.05) is 19.1 Å². The van der Waals surface area contributed by atoms with Crippen LogP contribution in [-0.2, 0) is 6.54 Å². The zero-order chi connectivity index (χ0) is 14.5. The van der Waals surface area contributed by atoms with Crippen molar-refractivity contribution >= 4 is 5.69 Å². The molecule has 3 heteroatoms. The Morgan fingerprint density at radius 3 is 2.65 bits per heavy atom. The van der Waals surface area contributed by atoms with Gasteiger partial charge in [-0.1, -0.05) is 18.2 Å². The summed E-state index contributed by atoms with van der Waals surface area (Å²) in [7, 11) is 0. The van der Waals surface area contributed by atoms with Gasteiger partial charge in [-0.2, -0.15) is 0 Å². The summed E-state index contributed by atoms with van der Waals surface area (Å²) in [5.74, 6) is -0.0393. The van der Waals surface area contributed by atoms with Crippen LogP contribution in [0.25, 0.3) is 0 Å². The van der Waals surface area contributed by atoms with Gasteiger partial charge in [-0.05, 0) is 49.6 Å². The molecule has 0 aromatic heterocycles. The van der Waals surface area contributed by atoms with Crippen molar-refractivity contribution in [2.45, 2.75) is 27.3 Å². The minimum absolute atomic E-state index is 0.296. The number of halogens is 1. The molecule has 2 rings (SSSR count). The van der Waals surface area contributed by atoms with Gasteiger partial charge in [0.25, 0.3) is 0 Å². The topological polar surface area (TPSA) is 21.3 Å². The summed E-state index contributed by atoms with van der Waals surface area (Å²) in [4.78, 5) is 0. The first-order valence-electron chi connectivity index (χ1n) is 6.83. The molecule has 2 aromatic rings. The standard InChI is InChI=1S/C17H20FNO/c1-4-20-17-9-8-15(10-16(17)18)19-11-14-7-5-6-12(2)13(14)3/h5-10,19H,4,11H2,1-3H3. The Morgan fingerprint density at radius 1 is 1.15 bits per heavy atom. The average Bonchev–Trinajstić information content (AvgIpc) is 2.43. The van der Waals surface area contributed by atoms with Crippen molar-refractivity contribution in [1.29, 1.82) is 0 Å². The Bertz CT molecular complexity index is 596. The predicted octanol–water partition coefficient (Wildman–Crippen LogP) is 4.45. The molecular weight excluding hydrogens is 253 g/mol. The van der Waals surface area contributed by atoms with Crippen LogP contribution in [0.5, 0.6) is 5.75 Å². The molecule has 0 heterocycles. The van der Waals surface area contributed by atoms with Gasteiger partial charge in [-0.15, -0.1) is 0 Å². The highest BCUT2D eigenvalue weighted by Gasteiger charge is 2.05. The Balaban J connectivity index is 2.07. The molecule has 2 aromatic carbocycles. The molecule has 0 aliphatic carbocycles. The minimum atomic E-state index is -0.335. The molecular formula is C17H20FNO. The quantitative estimate of drug-likeness (QED) is 0.868. The third-order valence-corrected chi connectivity index (χ3v) is 3.43. The minimum Gasteiger partial charge on any atom is -0.491 e. The van der Waals surface area contributed by atoms with Crippen LogP contribution in [0.15, 0.2) is 36.4 Å². The van der Waals surface area contributed by atoms with E-state index >= 15 is 0 Å². The second kappa shape index (κ2) is 6.42. The van der Waals surface area contributed by atoms with Crippen LogP contribution in [0.1, 0.15) is 23.6 Å². The fourth-order valence-electron chi connectivity index (χ4n) is 2.08. The van der Waals surface area contributed by atoms with Crippen molar-refractivity contribution in [2.75, 3.05) is 11.9 Å². The van der Waals surface area contributed by atoms with Gasteiger partial charge in [0.2, 0.25) is 0 Å². The summed E-state index contributed by atoms with van der Waals surface area (Å²) in [5, 5.41) is 3.24. The number of hydrogen-bond donors (Lipinski definition) is 1. The van der Waals surface area contributed by atoms with E-state index < -0.39 is 0 Å². The molecule has 2 nitrogen and oxygen atoms in total. The smallest absolute Gasteiger partial charge is 0.167 e. The van der Waals surface area contributed by atoms with Crippen molar-refractivity contribution in [1.82, 2.24) is 0 Å². The molecule has 0 fully saturated rings. The van der Waals surface area contributed by atoms with E-state index in [0.29, 0.717) is 18.9 Å². The third kappa shape index (κ3) is 3.29. The van der Waals surface area contributed by atoms with Crippen LogP contribution in [0.3, 0.4) is 0 Å². The number of aryl methyl sites for hydroxylation is 1. The number of ether oxygens (including phenoxy) is 1. The molecule has 1 N–H and O–H groups in total. The van der Waals surface area contributed by atoms with Crippen molar-refractivity contribution in [2.24, 2.45) is 0 Å². The van der Waals surface area contributed by atoms with Gasteiger partial charge >= 0.3 is 0 Å². The Hall–Kier alpha value is -2.03. The molecule has 0 bridgehead atoms. The Kier molecular flexibility index (Phi) is 4.61. The number of anilines is 1. The van der Waals surface area contributed by atoms with Gasteiger partial charge in [-0.3, -0.25) is 0 Å². The summed E-state index contributed by atoms with van der Waals surface area (Å²) in [6.07, 6.45) is 0.